The topological polar surface area (TPSA) is 32.6 Å². The molecule has 0 rings (SSSR count). The van der Waals surface area contributed by atoms with Gasteiger partial charge < -0.3 is 0 Å². The Balaban J connectivity index is 2.62. The summed E-state index contributed by atoms with van der Waals surface area (Å²) in [5.74, 6) is 0. The molecule has 0 aliphatic rings. The van der Waals surface area contributed by atoms with Crippen molar-refractivity contribution in [3.05, 3.63) is 0 Å². The second-order valence-corrected chi connectivity index (χ2v) is 3.18. The Morgan fingerprint density at radius 2 is 2.60 bits per heavy atom. The molecule has 2 nitrogen and oxygen atoms in total. The number of hydrogen-bond donors (Lipinski definition) is 1. The molecule has 0 aliphatic heterocycles. The molecule has 0 aromatic heterocycles. The fourth-order valence-corrected chi connectivity index (χ4v) is 0.367. The molecule has 1 radical (unpaired) electrons. The zero-order valence-corrected chi connectivity index (χ0v) is 5.20. The van der Waals surface area contributed by atoms with Crippen molar-refractivity contribution in [3.63, 3.8) is 0 Å². The molecule has 0 unspecified atom stereocenters. The van der Waals surface area contributed by atoms with E-state index in [0.29, 0.717) is 0 Å². The third kappa shape index (κ3) is 4.14. The van der Waals surface area contributed by atoms with E-state index in [0.717, 1.165) is 5.25 Å². The Morgan fingerprint density at radius 3 is 2.60 bits per heavy atom. The van der Waals surface area contributed by atoms with Crippen LogP contribution in [0.5, 0.6) is 0 Å². The first kappa shape index (κ1) is 5.14. The summed E-state index contributed by atoms with van der Waals surface area (Å²) in [6.07, 6.45) is 0. The fraction of sp³-hybridized carbons (Fsp3) is 1.00. The summed E-state index contributed by atoms with van der Waals surface area (Å²) in [6, 6.07) is 0. The molecule has 29 valence electrons. The molecule has 0 atom stereocenters. The summed E-state index contributed by atoms with van der Waals surface area (Å²) >= 11 is -0.292. The van der Waals surface area contributed by atoms with Crippen molar-refractivity contribution in [2.24, 2.45) is 4.06 Å². The number of nitrogens with zero attached hydrogens (tertiary/aromatic N) is 1. The van der Waals surface area contributed by atoms with Gasteiger partial charge in [-0.05, 0) is 0 Å². The fourth-order valence-electron chi connectivity index (χ4n) is 0.0707. The molecule has 0 amide bonds. The maximum absolute atomic E-state index is 7.75. The quantitative estimate of drug-likeness (QED) is 0.414. The van der Waals surface area contributed by atoms with E-state index in [9.17, 15) is 0 Å². The van der Waals surface area contributed by atoms with Crippen LogP contribution in [0.1, 0.15) is 6.92 Å². The molecule has 0 saturated heterocycles. The van der Waals surface area contributed by atoms with Gasteiger partial charge in [0, 0.05) is 0 Å². The standard InChI is InChI=1S/C2H6GeNO/c1-2-3-4-5/h5H,2H2,1H3. The molecular weight excluding hydrogens is 127 g/mol. The molecule has 1 N–H and O–H groups in total. The molecule has 0 heterocycles. The van der Waals surface area contributed by atoms with E-state index in [4.69, 9.17) is 5.21 Å². The summed E-state index contributed by atoms with van der Waals surface area (Å²) in [5, 5.41) is 8.80. The molecule has 0 aromatic carbocycles. The molecule has 0 aliphatic carbocycles. The SMILES string of the molecule is C[CH2][Ge]=[N]O. The minimum absolute atomic E-state index is 0.292. The van der Waals surface area contributed by atoms with Gasteiger partial charge in [-0.15, -0.1) is 0 Å². The molecular formula is C2H6GeNO. The minimum atomic E-state index is -0.292. The summed E-state index contributed by atoms with van der Waals surface area (Å²) < 4.78 is 2.98. The average Bonchev–Trinajstić information content (AvgIpc) is 1.41. The van der Waals surface area contributed by atoms with Gasteiger partial charge in [-0.2, -0.15) is 0 Å². The molecule has 0 fully saturated rings. The van der Waals surface area contributed by atoms with E-state index < -0.39 is 0 Å². The molecule has 0 aromatic rings. The van der Waals surface area contributed by atoms with Crippen molar-refractivity contribution in [3.8, 4) is 0 Å². The van der Waals surface area contributed by atoms with E-state index in [2.05, 4.69) is 4.06 Å². The van der Waals surface area contributed by atoms with Crippen LogP contribution in [-0.2, 0) is 0 Å². The van der Waals surface area contributed by atoms with Gasteiger partial charge in [0.05, 0.1) is 0 Å². The Hall–Kier alpha value is 0.143. The van der Waals surface area contributed by atoms with Gasteiger partial charge in [0.2, 0.25) is 0 Å². The first-order valence-corrected chi connectivity index (χ1v) is 3.91. The van der Waals surface area contributed by atoms with Gasteiger partial charge in [-0.25, -0.2) is 0 Å². The van der Waals surface area contributed by atoms with Crippen LogP contribution in [0.4, 0.5) is 0 Å². The molecule has 3 heteroatoms. The van der Waals surface area contributed by atoms with Crippen LogP contribution >= 0.6 is 0 Å². The summed E-state index contributed by atoms with van der Waals surface area (Å²) in [6.45, 7) is 2.01. The third-order valence-electron chi connectivity index (χ3n) is 0.229. The first-order valence-electron chi connectivity index (χ1n) is 1.48. The normalized spacial score (nSPS) is 9.80. The summed E-state index contributed by atoms with van der Waals surface area (Å²) in [4.78, 5) is 0. The van der Waals surface area contributed by atoms with E-state index in [1.807, 2.05) is 6.92 Å². The molecule has 0 spiro atoms. The van der Waals surface area contributed by atoms with Crippen molar-refractivity contribution in [2.45, 2.75) is 12.2 Å². The van der Waals surface area contributed by atoms with Gasteiger partial charge in [-0.1, -0.05) is 0 Å². The van der Waals surface area contributed by atoms with Crippen LogP contribution in [0, 0.1) is 0 Å². The molecule has 5 heavy (non-hydrogen) atoms. The summed E-state index contributed by atoms with van der Waals surface area (Å²) in [7, 11) is 0. The molecule has 0 bridgehead atoms. The Labute approximate surface area is 37.4 Å². The second kappa shape index (κ2) is 4.14. The van der Waals surface area contributed by atoms with Crippen LogP contribution < -0.4 is 0 Å². The van der Waals surface area contributed by atoms with E-state index in [1.54, 1.807) is 0 Å². The van der Waals surface area contributed by atoms with E-state index in [-0.39, 0.29) is 15.2 Å². The third-order valence-corrected chi connectivity index (χ3v) is 1.19. The van der Waals surface area contributed by atoms with E-state index >= 15 is 0 Å². The second-order valence-electron chi connectivity index (χ2n) is 0.612. The van der Waals surface area contributed by atoms with Crippen molar-refractivity contribution in [1.29, 1.82) is 0 Å². The average molecular weight is 133 g/mol. The van der Waals surface area contributed by atoms with Crippen molar-refractivity contribution in [2.75, 3.05) is 0 Å². The van der Waals surface area contributed by atoms with Gasteiger partial charge in [0.1, 0.15) is 0 Å². The van der Waals surface area contributed by atoms with Crippen LogP contribution in [-0.4, -0.2) is 20.4 Å². The number of rotatable bonds is 1. The van der Waals surface area contributed by atoms with Gasteiger partial charge in [-0.3, -0.25) is 0 Å². The monoisotopic (exact) mass is 134 g/mol. The Morgan fingerprint density at radius 1 is 2.00 bits per heavy atom. The van der Waals surface area contributed by atoms with Crippen LogP contribution in [0.15, 0.2) is 4.06 Å². The van der Waals surface area contributed by atoms with Gasteiger partial charge in [0.25, 0.3) is 0 Å². The van der Waals surface area contributed by atoms with Crippen LogP contribution in [0.3, 0.4) is 0 Å². The number of hydrogen-bond acceptors (Lipinski definition) is 2. The predicted octanol–water partition coefficient (Wildman–Crippen LogP) is 0.702. The van der Waals surface area contributed by atoms with E-state index in [1.165, 1.54) is 0 Å². The van der Waals surface area contributed by atoms with Crippen LogP contribution in [0.2, 0.25) is 5.25 Å². The molecule has 0 saturated carbocycles. The zero-order chi connectivity index (χ0) is 4.12. The maximum atomic E-state index is 7.75. The Kier molecular flexibility index (Phi) is 4.26. The van der Waals surface area contributed by atoms with Crippen molar-refractivity contribution < 1.29 is 5.21 Å². The first-order chi connectivity index (χ1) is 2.41. The predicted molar refractivity (Wildman–Crippen MR) is 20.4 cm³/mol. The zero-order valence-electron chi connectivity index (χ0n) is 3.10. The van der Waals surface area contributed by atoms with Crippen LogP contribution in [0.25, 0.3) is 0 Å². The van der Waals surface area contributed by atoms with Gasteiger partial charge >= 0.3 is 36.7 Å². The van der Waals surface area contributed by atoms with Crippen molar-refractivity contribution >= 4 is 15.2 Å². The summed E-state index contributed by atoms with van der Waals surface area (Å²) in [5.41, 5.74) is 0. The Bertz CT molecular complexity index is 36.6. The van der Waals surface area contributed by atoms with Crippen molar-refractivity contribution in [1.82, 2.24) is 0 Å². The van der Waals surface area contributed by atoms with Gasteiger partial charge in [0.15, 0.2) is 0 Å².